The first-order valence-electron chi connectivity index (χ1n) is 6.00. The van der Waals surface area contributed by atoms with E-state index in [1.807, 2.05) is 0 Å². The summed E-state index contributed by atoms with van der Waals surface area (Å²) < 4.78 is 13.4. The molecule has 0 atom stereocenters. The van der Waals surface area contributed by atoms with Gasteiger partial charge < -0.3 is 10.6 Å². The molecular formula is C15H13FN2O2. The Morgan fingerprint density at radius 2 is 1.60 bits per heavy atom. The summed E-state index contributed by atoms with van der Waals surface area (Å²) in [6.07, 6.45) is 0. The van der Waals surface area contributed by atoms with Crippen LogP contribution in [0.1, 0.15) is 20.7 Å². The Bertz CT molecular complexity index is 639. The third kappa shape index (κ3) is 3.00. The number of carbonyl (C=O) groups excluding carboxylic acids is 2. The molecule has 5 heteroatoms. The standard InChI is InChI=1S/C15H13FN2O2/c1-17-14(19)10-6-8-11(9-7-10)18-15(20)12-4-2-3-5-13(12)16/h2-9H,1H3,(H,17,19)(H,18,20). The van der Waals surface area contributed by atoms with Crippen molar-refractivity contribution in [2.75, 3.05) is 12.4 Å². The minimum atomic E-state index is -0.577. The second-order valence-electron chi connectivity index (χ2n) is 4.09. The monoisotopic (exact) mass is 272 g/mol. The normalized spacial score (nSPS) is 9.90. The number of nitrogens with one attached hydrogen (secondary N) is 2. The maximum atomic E-state index is 13.4. The van der Waals surface area contributed by atoms with Crippen LogP contribution >= 0.6 is 0 Å². The summed E-state index contributed by atoms with van der Waals surface area (Å²) in [6.45, 7) is 0. The van der Waals surface area contributed by atoms with Gasteiger partial charge in [0.15, 0.2) is 0 Å². The van der Waals surface area contributed by atoms with Gasteiger partial charge in [-0.05, 0) is 36.4 Å². The molecule has 20 heavy (non-hydrogen) atoms. The summed E-state index contributed by atoms with van der Waals surface area (Å²) in [7, 11) is 1.54. The van der Waals surface area contributed by atoms with E-state index in [1.165, 1.54) is 25.2 Å². The molecule has 0 aliphatic rings. The van der Waals surface area contributed by atoms with Gasteiger partial charge in [-0.15, -0.1) is 0 Å². The minimum Gasteiger partial charge on any atom is -0.355 e. The van der Waals surface area contributed by atoms with Gasteiger partial charge >= 0.3 is 0 Å². The Hall–Kier alpha value is -2.69. The number of anilines is 1. The van der Waals surface area contributed by atoms with Gasteiger partial charge in [0.2, 0.25) is 0 Å². The second kappa shape index (κ2) is 5.97. The Morgan fingerprint density at radius 3 is 2.20 bits per heavy atom. The van der Waals surface area contributed by atoms with Gasteiger partial charge in [-0.2, -0.15) is 0 Å². The molecule has 4 nitrogen and oxygen atoms in total. The lowest BCUT2D eigenvalue weighted by atomic mass is 10.1. The SMILES string of the molecule is CNC(=O)c1ccc(NC(=O)c2ccccc2F)cc1. The summed E-state index contributed by atoms with van der Waals surface area (Å²) >= 11 is 0. The fourth-order valence-electron chi connectivity index (χ4n) is 1.69. The molecule has 0 aliphatic heterocycles. The third-order valence-electron chi connectivity index (χ3n) is 2.75. The van der Waals surface area contributed by atoms with Gasteiger partial charge in [0.05, 0.1) is 5.56 Å². The molecule has 0 spiro atoms. The molecule has 2 amide bonds. The van der Waals surface area contributed by atoms with Crippen LogP contribution in [-0.4, -0.2) is 18.9 Å². The fourth-order valence-corrected chi connectivity index (χ4v) is 1.69. The number of hydrogen-bond acceptors (Lipinski definition) is 2. The van der Waals surface area contributed by atoms with E-state index in [-0.39, 0.29) is 11.5 Å². The van der Waals surface area contributed by atoms with Crippen molar-refractivity contribution in [2.45, 2.75) is 0 Å². The predicted molar refractivity (Wildman–Crippen MR) is 74.2 cm³/mol. The van der Waals surface area contributed by atoms with Gasteiger partial charge in [-0.25, -0.2) is 4.39 Å². The molecule has 0 radical (unpaired) electrons. The van der Waals surface area contributed by atoms with Gasteiger partial charge in [-0.3, -0.25) is 9.59 Å². The first-order valence-corrected chi connectivity index (χ1v) is 6.00. The number of rotatable bonds is 3. The Kier molecular flexibility index (Phi) is 4.10. The molecule has 2 rings (SSSR count). The van der Waals surface area contributed by atoms with E-state index in [9.17, 15) is 14.0 Å². The third-order valence-corrected chi connectivity index (χ3v) is 2.75. The van der Waals surface area contributed by atoms with E-state index in [0.29, 0.717) is 11.3 Å². The highest BCUT2D eigenvalue weighted by atomic mass is 19.1. The molecule has 0 saturated heterocycles. The van der Waals surface area contributed by atoms with Crippen molar-refractivity contribution in [3.8, 4) is 0 Å². The average molecular weight is 272 g/mol. The van der Waals surface area contributed by atoms with Crippen molar-refractivity contribution in [3.05, 3.63) is 65.5 Å². The van der Waals surface area contributed by atoms with Crippen LogP contribution in [0.15, 0.2) is 48.5 Å². The van der Waals surface area contributed by atoms with Gasteiger partial charge in [-0.1, -0.05) is 12.1 Å². The number of halogens is 1. The van der Waals surface area contributed by atoms with Crippen LogP contribution < -0.4 is 10.6 Å². The molecule has 0 heterocycles. The fraction of sp³-hybridized carbons (Fsp3) is 0.0667. The lowest BCUT2D eigenvalue weighted by Crippen LogP contribution is -2.18. The first-order chi connectivity index (χ1) is 9.61. The molecule has 2 aromatic rings. The predicted octanol–water partition coefficient (Wildman–Crippen LogP) is 2.44. The molecule has 0 bridgehead atoms. The number of carbonyl (C=O) groups is 2. The number of benzene rings is 2. The molecule has 2 N–H and O–H groups in total. The van der Waals surface area contributed by atoms with Gasteiger partial charge in [0, 0.05) is 18.3 Å². The Balaban J connectivity index is 2.13. The second-order valence-corrected chi connectivity index (χ2v) is 4.09. The van der Waals surface area contributed by atoms with Crippen LogP contribution in [0.25, 0.3) is 0 Å². The van der Waals surface area contributed by atoms with Gasteiger partial charge in [0.1, 0.15) is 5.82 Å². The van der Waals surface area contributed by atoms with Crippen LogP contribution in [0, 0.1) is 5.82 Å². The molecule has 0 aromatic heterocycles. The zero-order valence-electron chi connectivity index (χ0n) is 10.8. The number of hydrogen-bond donors (Lipinski definition) is 2. The minimum absolute atomic E-state index is 0.0251. The number of amides is 2. The summed E-state index contributed by atoms with van der Waals surface area (Å²) in [4.78, 5) is 23.2. The van der Waals surface area contributed by atoms with Crippen LogP contribution in [0.4, 0.5) is 10.1 Å². The maximum absolute atomic E-state index is 13.4. The van der Waals surface area contributed by atoms with Crippen molar-refractivity contribution < 1.29 is 14.0 Å². The van der Waals surface area contributed by atoms with E-state index in [1.54, 1.807) is 30.3 Å². The van der Waals surface area contributed by atoms with E-state index in [2.05, 4.69) is 10.6 Å². The largest absolute Gasteiger partial charge is 0.355 e. The zero-order valence-corrected chi connectivity index (χ0v) is 10.8. The molecule has 102 valence electrons. The highest BCUT2D eigenvalue weighted by Gasteiger charge is 2.11. The van der Waals surface area contributed by atoms with Gasteiger partial charge in [0.25, 0.3) is 11.8 Å². The summed E-state index contributed by atoms with van der Waals surface area (Å²) in [5.41, 5.74) is 0.949. The summed E-state index contributed by atoms with van der Waals surface area (Å²) in [5, 5.41) is 5.07. The molecule has 2 aromatic carbocycles. The van der Waals surface area contributed by atoms with Crippen molar-refractivity contribution in [3.63, 3.8) is 0 Å². The molecule has 0 fully saturated rings. The van der Waals surface area contributed by atoms with Crippen LogP contribution in [0.2, 0.25) is 0 Å². The molecular weight excluding hydrogens is 259 g/mol. The highest BCUT2D eigenvalue weighted by Crippen LogP contribution is 2.13. The topological polar surface area (TPSA) is 58.2 Å². The van der Waals surface area contributed by atoms with Crippen molar-refractivity contribution in [1.82, 2.24) is 5.32 Å². The van der Waals surface area contributed by atoms with Crippen LogP contribution in [0.5, 0.6) is 0 Å². The van der Waals surface area contributed by atoms with Crippen molar-refractivity contribution in [1.29, 1.82) is 0 Å². The molecule has 0 aliphatic carbocycles. The van der Waals surface area contributed by atoms with E-state index < -0.39 is 11.7 Å². The van der Waals surface area contributed by atoms with E-state index in [4.69, 9.17) is 0 Å². The summed E-state index contributed by atoms with van der Waals surface area (Å²) in [5.74, 6) is -1.32. The Labute approximate surface area is 115 Å². The quantitative estimate of drug-likeness (QED) is 0.901. The maximum Gasteiger partial charge on any atom is 0.258 e. The van der Waals surface area contributed by atoms with E-state index in [0.717, 1.165) is 0 Å². The van der Waals surface area contributed by atoms with Crippen LogP contribution in [-0.2, 0) is 0 Å². The van der Waals surface area contributed by atoms with E-state index >= 15 is 0 Å². The van der Waals surface area contributed by atoms with Crippen molar-refractivity contribution >= 4 is 17.5 Å². The molecule has 0 saturated carbocycles. The average Bonchev–Trinajstić information content (AvgIpc) is 2.47. The first kappa shape index (κ1) is 13.7. The van der Waals surface area contributed by atoms with Crippen LogP contribution in [0.3, 0.4) is 0 Å². The zero-order chi connectivity index (χ0) is 14.5. The lowest BCUT2D eigenvalue weighted by Gasteiger charge is -2.07. The highest BCUT2D eigenvalue weighted by molar-refractivity contribution is 6.04. The lowest BCUT2D eigenvalue weighted by molar-refractivity contribution is 0.0962. The summed E-state index contributed by atoms with van der Waals surface area (Å²) in [6, 6.07) is 12.1. The molecule has 0 unspecified atom stereocenters. The Morgan fingerprint density at radius 1 is 0.950 bits per heavy atom. The van der Waals surface area contributed by atoms with Crippen molar-refractivity contribution in [2.24, 2.45) is 0 Å². The smallest absolute Gasteiger partial charge is 0.258 e.